The highest BCUT2D eigenvalue weighted by molar-refractivity contribution is 9.10. The Balaban J connectivity index is 1.81. The van der Waals surface area contributed by atoms with E-state index in [1.54, 1.807) is 0 Å². The van der Waals surface area contributed by atoms with E-state index in [0.717, 1.165) is 29.4 Å². The van der Waals surface area contributed by atoms with Crippen LogP contribution in [0.2, 0.25) is 0 Å². The maximum absolute atomic E-state index is 12.5. The van der Waals surface area contributed by atoms with Crippen LogP contribution >= 0.6 is 15.9 Å². The monoisotopic (exact) mass is 343 g/mol. The molecule has 1 heterocycles. The van der Waals surface area contributed by atoms with Gasteiger partial charge in [0.25, 0.3) is 0 Å². The molecule has 0 aliphatic carbocycles. The van der Waals surface area contributed by atoms with Gasteiger partial charge in [-0.05, 0) is 43.0 Å². The van der Waals surface area contributed by atoms with E-state index in [-0.39, 0.29) is 5.78 Å². The van der Waals surface area contributed by atoms with Crippen molar-refractivity contribution in [2.75, 3.05) is 18.0 Å². The topological polar surface area (TPSA) is 20.3 Å². The molecule has 2 nitrogen and oxygen atoms in total. The molecule has 2 aromatic rings. The lowest BCUT2D eigenvalue weighted by molar-refractivity contribution is 0.0999. The van der Waals surface area contributed by atoms with Crippen LogP contribution in [0, 0.1) is 0 Å². The van der Waals surface area contributed by atoms with E-state index >= 15 is 0 Å². The van der Waals surface area contributed by atoms with Crippen molar-refractivity contribution in [1.29, 1.82) is 0 Å². The van der Waals surface area contributed by atoms with Gasteiger partial charge in [0.05, 0.1) is 6.54 Å². The van der Waals surface area contributed by atoms with Gasteiger partial charge in [-0.2, -0.15) is 0 Å². The molecule has 0 N–H and O–H groups in total. The molecule has 2 aromatic carbocycles. The SMILES string of the molecule is O=C(CN1CCCCc2ccccc21)c1ccc(Br)cc1. The Bertz CT molecular complexity index is 636. The Morgan fingerprint density at radius 3 is 2.62 bits per heavy atom. The number of carbonyl (C=O) groups excluding carboxylic acids is 1. The Morgan fingerprint density at radius 2 is 1.81 bits per heavy atom. The Morgan fingerprint density at radius 1 is 1.05 bits per heavy atom. The van der Waals surface area contributed by atoms with Crippen molar-refractivity contribution in [1.82, 2.24) is 0 Å². The van der Waals surface area contributed by atoms with Gasteiger partial charge in [-0.25, -0.2) is 0 Å². The third-order valence-corrected chi connectivity index (χ3v) is 4.49. The van der Waals surface area contributed by atoms with E-state index in [0.29, 0.717) is 6.54 Å². The highest BCUT2D eigenvalue weighted by atomic mass is 79.9. The highest BCUT2D eigenvalue weighted by Gasteiger charge is 2.18. The lowest BCUT2D eigenvalue weighted by Gasteiger charge is -2.24. The Labute approximate surface area is 133 Å². The molecule has 21 heavy (non-hydrogen) atoms. The van der Waals surface area contributed by atoms with E-state index < -0.39 is 0 Å². The molecule has 1 aliphatic rings. The standard InChI is InChI=1S/C18H18BrNO/c19-16-10-8-15(9-11-16)18(21)13-20-12-4-3-6-14-5-1-2-7-17(14)20/h1-2,5,7-11H,3-4,6,12-13H2. The predicted octanol–water partition coefficient (Wildman–Crippen LogP) is 4.47. The second-order valence-corrected chi connectivity index (χ2v) is 6.35. The summed E-state index contributed by atoms with van der Waals surface area (Å²) in [5.41, 5.74) is 3.36. The van der Waals surface area contributed by atoms with Crippen molar-refractivity contribution in [3.63, 3.8) is 0 Å². The fourth-order valence-corrected chi connectivity index (χ4v) is 3.10. The van der Waals surface area contributed by atoms with E-state index in [1.165, 1.54) is 17.7 Å². The van der Waals surface area contributed by atoms with Gasteiger partial charge in [0.1, 0.15) is 0 Å². The molecule has 0 spiro atoms. The van der Waals surface area contributed by atoms with E-state index in [9.17, 15) is 4.79 Å². The molecule has 0 aromatic heterocycles. The summed E-state index contributed by atoms with van der Waals surface area (Å²) in [6.45, 7) is 1.41. The number of fused-ring (bicyclic) bond motifs is 1. The maximum atomic E-state index is 12.5. The summed E-state index contributed by atoms with van der Waals surface area (Å²) < 4.78 is 0.999. The fourth-order valence-electron chi connectivity index (χ4n) is 2.83. The lowest BCUT2D eigenvalue weighted by Crippen LogP contribution is -2.30. The summed E-state index contributed by atoms with van der Waals surface area (Å²) in [4.78, 5) is 14.7. The second kappa shape index (κ2) is 6.44. The van der Waals surface area contributed by atoms with E-state index in [1.807, 2.05) is 24.3 Å². The molecular formula is C18H18BrNO. The van der Waals surface area contributed by atoms with E-state index in [2.05, 4.69) is 45.1 Å². The minimum Gasteiger partial charge on any atom is -0.364 e. The lowest BCUT2D eigenvalue weighted by atomic mass is 10.1. The average Bonchev–Trinajstić information content (AvgIpc) is 2.71. The van der Waals surface area contributed by atoms with E-state index in [4.69, 9.17) is 0 Å². The number of hydrogen-bond donors (Lipinski definition) is 0. The van der Waals surface area contributed by atoms with Gasteiger partial charge in [0.15, 0.2) is 5.78 Å². The first-order valence-corrected chi connectivity index (χ1v) is 8.15. The van der Waals surface area contributed by atoms with Crippen LogP contribution in [-0.4, -0.2) is 18.9 Å². The molecular weight excluding hydrogens is 326 g/mol. The molecule has 3 rings (SSSR count). The summed E-state index contributed by atoms with van der Waals surface area (Å²) in [7, 11) is 0. The van der Waals surface area contributed by atoms with Crippen LogP contribution in [0.15, 0.2) is 53.0 Å². The normalized spacial score (nSPS) is 14.4. The summed E-state index contributed by atoms with van der Waals surface area (Å²) in [6, 6.07) is 16.1. The molecule has 0 radical (unpaired) electrons. The van der Waals surface area contributed by atoms with Crippen LogP contribution in [-0.2, 0) is 6.42 Å². The fraction of sp³-hybridized carbons (Fsp3) is 0.278. The molecule has 1 aliphatic heterocycles. The van der Waals surface area contributed by atoms with Gasteiger partial charge < -0.3 is 4.90 Å². The Hall–Kier alpha value is -1.61. The summed E-state index contributed by atoms with van der Waals surface area (Å²) >= 11 is 3.40. The van der Waals surface area contributed by atoms with Crippen molar-refractivity contribution in [2.45, 2.75) is 19.3 Å². The molecule has 0 fully saturated rings. The largest absolute Gasteiger partial charge is 0.364 e. The quantitative estimate of drug-likeness (QED) is 0.766. The van der Waals surface area contributed by atoms with Gasteiger partial charge in [-0.3, -0.25) is 4.79 Å². The van der Waals surface area contributed by atoms with Crippen LogP contribution in [0.25, 0.3) is 0 Å². The third kappa shape index (κ3) is 3.35. The number of aryl methyl sites for hydroxylation is 1. The molecule has 0 saturated carbocycles. The van der Waals surface area contributed by atoms with Crippen molar-refractivity contribution in [3.8, 4) is 0 Å². The molecule has 0 atom stereocenters. The van der Waals surface area contributed by atoms with Crippen LogP contribution in [0.5, 0.6) is 0 Å². The number of halogens is 1. The number of ketones is 1. The van der Waals surface area contributed by atoms with Crippen molar-refractivity contribution in [2.24, 2.45) is 0 Å². The van der Waals surface area contributed by atoms with Crippen molar-refractivity contribution < 1.29 is 4.79 Å². The molecule has 3 heteroatoms. The number of para-hydroxylation sites is 1. The van der Waals surface area contributed by atoms with Crippen LogP contribution < -0.4 is 4.90 Å². The van der Waals surface area contributed by atoms with Gasteiger partial charge >= 0.3 is 0 Å². The van der Waals surface area contributed by atoms with Gasteiger partial charge in [-0.15, -0.1) is 0 Å². The Kier molecular flexibility index (Phi) is 4.39. The molecule has 0 saturated heterocycles. The van der Waals surface area contributed by atoms with Gasteiger partial charge in [-0.1, -0.05) is 46.3 Å². The minimum absolute atomic E-state index is 0.180. The molecule has 0 bridgehead atoms. The van der Waals surface area contributed by atoms with Gasteiger partial charge in [0, 0.05) is 22.3 Å². The summed E-state index contributed by atoms with van der Waals surface area (Å²) in [6.07, 6.45) is 3.45. The summed E-state index contributed by atoms with van der Waals surface area (Å²) in [5.74, 6) is 0.180. The highest BCUT2D eigenvalue weighted by Crippen LogP contribution is 2.26. The smallest absolute Gasteiger partial charge is 0.182 e. The van der Waals surface area contributed by atoms with Crippen LogP contribution in [0.3, 0.4) is 0 Å². The maximum Gasteiger partial charge on any atom is 0.182 e. The number of Topliss-reactive ketones (excluding diaryl/α,β-unsaturated/α-hetero) is 1. The number of hydrogen-bond acceptors (Lipinski definition) is 2. The average molecular weight is 344 g/mol. The number of carbonyl (C=O) groups is 1. The zero-order valence-corrected chi connectivity index (χ0v) is 13.5. The number of anilines is 1. The number of nitrogens with zero attached hydrogens (tertiary/aromatic N) is 1. The first-order chi connectivity index (χ1) is 10.2. The predicted molar refractivity (Wildman–Crippen MR) is 90.1 cm³/mol. The zero-order chi connectivity index (χ0) is 14.7. The molecule has 0 amide bonds. The van der Waals surface area contributed by atoms with Crippen LogP contribution in [0.4, 0.5) is 5.69 Å². The minimum atomic E-state index is 0.180. The number of rotatable bonds is 3. The summed E-state index contributed by atoms with van der Waals surface area (Å²) in [5, 5.41) is 0. The first kappa shape index (κ1) is 14.3. The molecule has 0 unspecified atom stereocenters. The first-order valence-electron chi connectivity index (χ1n) is 7.35. The van der Waals surface area contributed by atoms with Gasteiger partial charge in [0.2, 0.25) is 0 Å². The number of benzene rings is 2. The zero-order valence-electron chi connectivity index (χ0n) is 11.9. The van der Waals surface area contributed by atoms with Crippen molar-refractivity contribution >= 4 is 27.4 Å². The van der Waals surface area contributed by atoms with Crippen LogP contribution in [0.1, 0.15) is 28.8 Å². The second-order valence-electron chi connectivity index (χ2n) is 5.44. The molecule has 108 valence electrons. The van der Waals surface area contributed by atoms with Crippen molar-refractivity contribution in [3.05, 3.63) is 64.1 Å². The third-order valence-electron chi connectivity index (χ3n) is 3.96.